The van der Waals surface area contributed by atoms with Gasteiger partial charge in [-0.05, 0) is 43.7 Å². The minimum absolute atomic E-state index is 0.0618. The molecule has 0 amide bonds. The maximum absolute atomic E-state index is 14.1. The van der Waals surface area contributed by atoms with Crippen molar-refractivity contribution in [1.29, 1.82) is 0 Å². The third kappa shape index (κ3) is 3.07. The molecule has 0 aliphatic heterocycles. The smallest absolute Gasteiger partial charge is 0.149 e. The molecule has 0 spiro atoms. The van der Waals surface area contributed by atoms with Crippen LogP contribution in [0.3, 0.4) is 0 Å². The molecule has 0 unspecified atom stereocenters. The normalized spacial score (nSPS) is 12.5. The molecule has 0 radical (unpaired) electrons. The molecule has 0 saturated carbocycles. The van der Waals surface area contributed by atoms with Gasteiger partial charge in [0.25, 0.3) is 0 Å². The Labute approximate surface area is 127 Å². The van der Waals surface area contributed by atoms with Crippen molar-refractivity contribution in [2.45, 2.75) is 26.4 Å². The molecule has 0 saturated heterocycles. The zero-order valence-electron chi connectivity index (χ0n) is 12.5. The maximum atomic E-state index is 14.1. The largest absolute Gasteiger partial charge is 0.465 e. The molecule has 1 aromatic carbocycles. The number of aromatic nitrogens is 3. The minimum atomic E-state index is -0.328. The van der Waals surface area contributed by atoms with Gasteiger partial charge in [-0.2, -0.15) is 5.10 Å². The standard InChI is InChI=1S/C16H17FN4O/c1-11-3-6-16(22-11)12(2)19-8-13-4-5-15(14(17)7-13)21-10-18-9-20-21/h3-7,9-10,12,19H,8H2,1-2H3/t12-/m1/s1. The van der Waals surface area contributed by atoms with Gasteiger partial charge in [0.1, 0.15) is 35.7 Å². The van der Waals surface area contributed by atoms with Crippen LogP contribution in [0.15, 0.2) is 47.4 Å². The third-order valence-electron chi connectivity index (χ3n) is 3.48. The number of halogens is 1. The van der Waals surface area contributed by atoms with Crippen LogP contribution in [0.4, 0.5) is 4.39 Å². The van der Waals surface area contributed by atoms with E-state index in [2.05, 4.69) is 15.4 Å². The third-order valence-corrected chi connectivity index (χ3v) is 3.48. The highest BCUT2D eigenvalue weighted by Gasteiger charge is 2.10. The first kappa shape index (κ1) is 14.5. The van der Waals surface area contributed by atoms with Gasteiger partial charge >= 0.3 is 0 Å². The summed E-state index contributed by atoms with van der Waals surface area (Å²) in [6, 6.07) is 9.01. The molecular formula is C16H17FN4O. The number of furan rings is 1. The Morgan fingerprint density at radius 1 is 1.32 bits per heavy atom. The SMILES string of the molecule is Cc1ccc([C@@H](C)NCc2ccc(-n3cncn3)c(F)c2)o1. The summed E-state index contributed by atoms with van der Waals surface area (Å²) in [5.74, 6) is 1.43. The van der Waals surface area contributed by atoms with Crippen LogP contribution in [0.25, 0.3) is 5.69 Å². The van der Waals surface area contributed by atoms with Crippen LogP contribution in [0.2, 0.25) is 0 Å². The van der Waals surface area contributed by atoms with Gasteiger partial charge < -0.3 is 9.73 Å². The molecule has 6 heteroatoms. The Morgan fingerprint density at radius 2 is 2.18 bits per heavy atom. The van der Waals surface area contributed by atoms with E-state index < -0.39 is 0 Å². The summed E-state index contributed by atoms with van der Waals surface area (Å²) in [5, 5.41) is 7.25. The fourth-order valence-electron chi connectivity index (χ4n) is 2.24. The summed E-state index contributed by atoms with van der Waals surface area (Å²) < 4.78 is 21.1. The average Bonchev–Trinajstić information content (AvgIpc) is 3.16. The zero-order valence-corrected chi connectivity index (χ0v) is 12.5. The molecule has 0 bridgehead atoms. The lowest BCUT2D eigenvalue weighted by Crippen LogP contribution is -2.17. The van der Waals surface area contributed by atoms with Gasteiger partial charge in [0, 0.05) is 6.54 Å². The first-order valence-electron chi connectivity index (χ1n) is 7.06. The first-order valence-corrected chi connectivity index (χ1v) is 7.06. The van der Waals surface area contributed by atoms with E-state index in [1.807, 2.05) is 32.0 Å². The molecule has 22 heavy (non-hydrogen) atoms. The number of hydrogen-bond acceptors (Lipinski definition) is 4. The quantitative estimate of drug-likeness (QED) is 0.786. The Kier molecular flexibility index (Phi) is 4.02. The molecule has 2 heterocycles. The molecule has 2 aromatic heterocycles. The molecule has 5 nitrogen and oxygen atoms in total. The Balaban J connectivity index is 1.67. The Bertz CT molecular complexity index is 751. The van der Waals surface area contributed by atoms with Gasteiger partial charge in [-0.1, -0.05) is 6.07 Å². The van der Waals surface area contributed by atoms with Crippen molar-refractivity contribution in [3.8, 4) is 5.69 Å². The first-order chi connectivity index (χ1) is 10.6. The van der Waals surface area contributed by atoms with Gasteiger partial charge in [0.05, 0.1) is 6.04 Å². The summed E-state index contributed by atoms with van der Waals surface area (Å²) in [7, 11) is 0. The fourth-order valence-corrected chi connectivity index (χ4v) is 2.24. The maximum Gasteiger partial charge on any atom is 0.149 e. The topological polar surface area (TPSA) is 55.9 Å². The lowest BCUT2D eigenvalue weighted by atomic mass is 10.1. The predicted molar refractivity (Wildman–Crippen MR) is 80.0 cm³/mol. The second kappa shape index (κ2) is 6.11. The van der Waals surface area contributed by atoms with Crippen molar-refractivity contribution in [3.05, 3.63) is 65.9 Å². The van der Waals surface area contributed by atoms with E-state index in [0.717, 1.165) is 17.1 Å². The Hall–Kier alpha value is -2.47. The van der Waals surface area contributed by atoms with E-state index in [1.165, 1.54) is 23.4 Å². The van der Waals surface area contributed by atoms with Gasteiger partial charge in [-0.3, -0.25) is 0 Å². The number of nitrogens with one attached hydrogen (secondary N) is 1. The fraction of sp³-hybridized carbons (Fsp3) is 0.250. The van der Waals surface area contributed by atoms with Crippen LogP contribution in [0, 0.1) is 12.7 Å². The molecule has 1 atom stereocenters. The second-order valence-electron chi connectivity index (χ2n) is 5.18. The molecule has 1 N–H and O–H groups in total. The van der Waals surface area contributed by atoms with E-state index in [0.29, 0.717) is 12.2 Å². The predicted octanol–water partition coefficient (Wildman–Crippen LogP) is 3.16. The van der Waals surface area contributed by atoms with E-state index in [1.54, 1.807) is 6.07 Å². The summed E-state index contributed by atoms with van der Waals surface area (Å²) >= 11 is 0. The van der Waals surface area contributed by atoms with E-state index in [9.17, 15) is 4.39 Å². The molecule has 0 aliphatic carbocycles. The molecule has 0 aliphatic rings. The highest BCUT2D eigenvalue weighted by atomic mass is 19.1. The molecule has 0 fully saturated rings. The van der Waals surface area contributed by atoms with Crippen molar-refractivity contribution >= 4 is 0 Å². The van der Waals surface area contributed by atoms with E-state index >= 15 is 0 Å². The number of hydrogen-bond donors (Lipinski definition) is 1. The lowest BCUT2D eigenvalue weighted by Gasteiger charge is -2.12. The highest BCUT2D eigenvalue weighted by Crippen LogP contribution is 2.18. The van der Waals surface area contributed by atoms with Gasteiger partial charge in [0.15, 0.2) is 0 Å². The lowest BCUT2D eigenvalue weighted by molar-refractivity contribution is 0.415. The summed E-state index contributed by atoms with van der Waals surface area (Å²) in [5.41, 5.74) is 1.24. The molecule has 3 rings (SSSR count). The van der Waals surface area contributed by atoms with Crippen LogP contribution in [-0.4, -0.2) is 14.8 Å². The average molecular weight is 300 g/mol. The van der Waals surface area contributed by atoms with Gasteiger partial charge in [-0.25, -0.2) is 14.1 Å². The molecule has 3 aromatic rings. The number of rotatable bonds is 5. The summed E-state index contributed by atoms with van der Waals surface area (Å²) in [6.07, 6.45) is 2.85. The molecule has 114 valence electrons. The molecular weight excluding hydrogens is 283 g/mol. The Morgan fingerprint density at radius 3 is 2.82 bits per heavy atom. The van der Waals surface area contributed by atoms with Crippen LogP contribution in [-0.2, 0) is 6.54 Å². The minimum Gasteiger partial charge on any atom is -0.465 e. The van der Waals surface area contributed by atoms with Crippen molar-refractivity contribution in [1.82, 2.24) is 20.1 Å². The monoisotopic (exact) mass is 300 g/mol. The second-order valence-corrected chi connectivity index (χ2v) is 5.18. The highest BCUT2D eigenvalue weighted by molar-refractivity contribution is 5.35. The van der Waals surface area contributed by atoms with E-state index in [-0.39, 0.29) is 11.9 Å². The number of nitrogens with zero attached hydrogens (tertiary/aromatic N) is 3. The summed E-state index contributed by atoms with van der Waals surface area (Å²) in [4.78, 5) is 3.82. The van der Waals surface area contributed by atoms with Crippen molar-refractivity contribution in [2.75, 3.05) is 0 Å². The van der Waals surface area contributed by atoms with Crippen molar-refractivity contribution in [3.63, 3.8) is 0 Å². The summed E-state index contributed by atoms with van der Waals surface area (Å²) in [6.45, 7) is 4.47. The van der Waals surface area contributed by atoms with Crippen LogP contribution >= 0.6 is 0 Å². The van der Waals surface area contributed by atoms with Crippen LogP contribution in [0.1, 0.15) is 30.0 Å². The number of aryl methyl sites for hydroxylation is 1. The van der Waals surface area contributed by atoms with Crippen molar-refractivity contribution in [2.24, 2.45) is 0 Å². The van der Waals surface area contributed by atoms with Gasteiger partial charge in [0.2, 0.25) is 0 Å². The van der Waals surface area contributed by atoms with Crippen LogP contribution < -0.4 is 5.32 Å². The van der Waals surface area contributed by atoms with Crippen molar-refractivity contribution < 1.29 is 8.81 Å². The van der Waals surface area contributed by atoms with Gasteiger partial charge in [-0.15, -0.1) is 0 Å². The zero-order chi connectivity index (χ0) is 15.5. The van der Waals surface area contributed by atoms with E-state index in [4.69, 9.17) is 4.42 Å². The van der Waals surface area contributed by atoms with Crippen LogP contribution in [0.5, 0.6) is 0 Å². The number of benzene rings is 1.